The average Bonchev–Trinajstić information content (AvgIpc) is 2.97. The van der Waals surface area contributed by atoms with Crippen molar-refractivity contribution in [2.24, 2.45) is 0 Å². The number of anilines is 1. The monoisotopic (exact) mass is 344 g/mol. The summed E-state index contributed by atoms with van der Waals surface area (Å²) in [5, 5.41) is 5.46. The molecule has 0 spiro atoms. The molecule has 1 aromatic rings. The van der Waals surface area contributed by atoms with E-state index in [0.717, 1.165) is 0 Å². The number of piperazine rings is 1. The summed E-state index contributed by atoms with van der Waals surface area (Å²) >= 11 is 0. The first-order valence-corrected chi connectivity index (χ1v) is 8.10. The number of hydrogen-bond acceptors (Lipinski definition) is 4. The zero-order valence-corrected chi connectivity index (χ0v) is 14.1. The number of benzene rings is 1. The van der Waals surface area contributed by atoms with Crippen molar-refractivity contribution in [2.75, 3.05) is 25.5 Å². The Morgan fingerprint density at radius 2 is 1.84 bits per heavy atom. The van der Waals surface area contributed by atoms with Crippen LogP contribution in [0, 0.1) is 0 Å². The molecule has 0 aliphatic carbocycles. The van der Waals surface area contributed by atoms with E-state index in [4.69, 9.17) is 0 Å². The number of nitrogens with one attached hydrogen (secondary N) is 2. The third-order valence-electron chi connectivity index (χ3n) is 4.59. The summed E-state index contributed by atoms with van der Waals surface area (Å²) in [5.74, 6) is -0.309. The Morgan fingerprint density at radius 1 is 1.16 bits per heavy atom. The summed E-state index contributed by atoms with van der Waals surface area (Å²) in [4.78, 5) is 50.7. The first kappa shape index (κ1) is 16.9. The van der Waals surface area contributed by atoms with Gasteiger partial charge in [0, 0.05) is 24.8 Å². The van der Waals surface area contributed by atoms with Crippen molar-refractivity contribution in [1.29, 1.82) is 0 Å². The summed E-state index contributed by atoms with van der Waals surface area (Å²) in [6, 6.07) is 5.03. The average molecular weight is 344 g/mol. The van der Waals surface area contributed by atoms with Gasteiger partial charge >= 0.3 is 6.03 Å². The van der Waals surface area contributed by atoms with Crippen LogP contribution >= 0.6 is 0 Å². The highest BCUT2D eigenvalue weighted by Crippen LogP contribution is 2.24. The Bertz CT molecular complexity index is 731. The zero-order valence-electron chi connectivity index (χ0n) is 14.1. The van der Waals surface area contributed by atoms with Gasteiger partial charge in [0.1, 0.15) is 6.04 Å². The number of urea groups is 1. The molecule has 2 aliphatic rings. The van der Waals surface area contributed by atoms with Crippen molar-refractivity contribution in [1.82, 2.24) is 15.1 Å². The number of ketones is 1. The fourth-order valence-corrected chi connectivity index (χ4v) is 3.25. The molecule has 8 heteroatoms. The van der Waals surface area contributed by atoms with Crippen LogP contribution in [0.5, 0.6) is 0 Å². The molecule has 0 radical (unpaired) electrons. The number of Topliss-reactive ketones (excluding diaryl/α,β-unsaturated/α-hetero) is 1. The fraction of sp³-hybridized carbons (Fsp3) is 0.412. The van der Waals surface area contributed by atoms with Gasteiger partial charge in [0.15, 0.2) is 5.78 Å². The van der Waals surface area contributed by atoms with Gasteiger partial charge < -0.3 is 20.4 Å². The number of hydrogen-bond donors (Lipinski definition) is 2. The lowest BCUT2D eigenvalue weighted by atomic mass is 10.1. The molecule has 0 aromatic heterocycles. The summed E-state index contributed by atoms with van der Waals surface area (Å²) in [7, 11) is 1.59. The van der Waals surface area contributed by atoms with Gasteiger partial charge in [0.05, 0.1) is 12.6 Å². The van der Waals surface area contributed by atoms with Crippen LogP contribution in [0.15, 0.2) is 24.3 Å². The maximum Gasteiger partial charge on any atom is 0.319 e. The van der Waals surface area contributed by atoms with E-state index < -0.39 is 18.1 Å². The molecule has 2 aliphatic heterocycles. The highest BCUT2D eigenvalue weighted by Gasteiger charge is 2.47. The second kappa shape index (κ2) is 6.54. The summed E-state index contributed by atoms with van der Waals surface area (Å²) in [6.45, 7) is 2.01. The van der Waals surface area contributed by atoms with Crippen molar-refractivity contribution in [3.05, 3.63) is 29.8 Å². The van der Waals surface area contributed by atoms with E-state index in [9.17, 15) is 19.2 Å². The molecule has 132 valence electrons. The van der Waals surface area contributed by atoms with Crippen molar-refractivity contribution < 1.29 is 19.2 Å². The molecule has 2 fully saturated rings. The van der Waals surface area contributed by atoms with Gasteiger partial charge in [-0.15, -0.1) is 0 Å². The zero-order chi connectivity index (χ0) is 18.1. The SMILES string of the molecule is CC(=O)c1ccc(NC(=O)NC2CCN3C(=O)CN(C)C(=O)C23)cc1. The van der Waals surface area contributed by atoms with E-state index in [0.29, 0.717) is 24.2 Å². The quantitative estimate of drug-likeness (QED) is 0.778. The fourth-order valence-electron chi connectivity index (χ4n) is 3.25. The minimum absolute atomic E-state index is 0.0494. The van der Waals surface area contributed by atoms with E-state index >= 15 is 0 Å². The van der Waals surface area contributed by atoms with Gasteiger partial charge in [-0.1, -0.05) is 0 Å². The molecule has 2 atom stereocenters. The van der Waals surface area contributed by atoms with Gasteiger partial charge in [-0.05, 0) is 37.6 Å². The van der Waals surface area contributed by atoms with E-state index in [1.807, 2.05) is 0 Å². The molecule has 2 N–H and O–H groups in total. The molecule has 0 bridgehead atoms. The third kappa shape index (κ3) is 3.33. The van der Waals surface area contributed by atoms with Crippen LogP contribution in [0.1, 0.15) is 23.7 Å². The molecule has 2 unspecified atom stereocenters. The second-order valence-corrected chi connectivity index (χ2v) is 6.35. The van der Waals surface area contributed by atoms with Crippen molar-refractivity contribution in [3.8, 4) is 0 Å². The number of amides is 4. The van der Waals surface area contributed by atoms with E-state index in [1.165, 1.54) is 16.7 Å². The Balaban J connectivity index is 1.64. The Morgan fingerprint density at radius 3 is 2.48 bits per heavy atom. The number of fused-ring (bicyclic) bond motifs is 1. The van der Waals surface area contributed by atoms with E-state index in [2.05, 4.69) is 10.6 Å². The summed E-state index contributed by atoms with van der Waals surface area (Å²) in [5.41, 5.74) is 1.10. The molecule has 2 heterocycles. The molecule has 2 saturated heterocycles. The second-order valence-electron chi connectivity index (χ2n) is 6.35. The minimum Gasteiger partial charge on any atom is -0.335 e. The maximum absolute atomic E-state index is 12.3. The largest absolute Gasteiger partial charge is 0.335 e. The van der Waals surface area contributed by atoms with Crippen molar-refractivity contribution in [3.63, 3.8) is 0 Å². The van der Waals surface area contributed by atoms with Gasteiger partial charge in [0.25, 0.3) is 0 Å². The topological polar surface area (TPSA) is 98.8 Å². The summed E-state index contributed by atoms with van der Waals surface area (Å²) in [6.07, 6.45) is 0.534. The molecule has 25 heavy (non-hydrogen) atoms. The highest BCUT2D eigenvalue weighted by atomic mass is 16.2. The normalized spacial score (nSPS) is 22.6. The summed E-state index contributed by atoms with van der Waals surface area (Å²) < 4.78 is 0. The van der Waals surface area contributed by atoms with Crippen LogP contribution in [-0.2, 0) is 9.59 Å². The van der Waals surface area contributed by atoms with E-state index in [-0.39, 0.29) is 24.1 Å². The molecule has 4 amide bonds. The number of carbonyl (C=O) groups is 4. The predicted octanol–water partition coefficient (Wildman–Crippen LogP) is 0.452. The van der Waals surface area contributed by atoms with Crippen LogP contribution in [0.4, 0.5) is 10.5 Å². The lowest BCUT2D eigenvalue weighted by Crippen LogP contribution is -2.61. The van der Waals surface area contributed by atoms with Crippen LogP contribution in [0.25, 0.3) is 0 Å². The third-order valence-corrected chi connectivity index (χ3v) is 4.59. The standard InChI is InChI=1S/C17H20N4O4/c1-10(22)11-3-5-12(6-4-11)18-17(25)19-13-7-8-21-14(23)9-20(2)16(24)15(13)21/h3-6,13,15H,7-9H2,1-2H3,(H2,18,19,25). The lowest BCUT2D eigenvalue weighted by Gasteiger charge is -2.36. The van der Waals surface area contributed by atoms with Crippen LogP contribution < -0.4 is 10.6 Å². The number of carbonyl (C=O) groups excluding carboxylic acids is 4. The molecular weight excluding hydrogens is 324 g/mol. The van der Waals surface area contributed by atoms with Crippen molar-refractivity contribution in [2.45, 2.75) is 25.4 Å². The van der Waals surface area contributed by atoms with E-state index in [1.54, 1.807) is 31.3 Å². The van der Waals surface area contributed by atoms with Crippen LogP contribution in [0.3, 0.4) is 0 Å². The van der Waals surface area contributed by atoms with Crippen LogP contribution in [-0.4, -0.2) is 65.6 Å². The molecule has 3 rings (SSSR count). The molecule has 0 saturated carbocycles. The highest BCUT2D eigenvalue weighted by molar-refractivity contribution is 5.97. The molecule has 8 nitrogen and oxygen atoms in total. The van der Waals surface area contributed by atoms with Gasteiger partial charge in [-0.25, -0.2) is 4.79 Å². The van der Waals surface area contributed by atoms with Crippen LogP contribution in [0.2, 0.25) is 0 Å². The number of nitrogens with zero attached hydrogens (tertiary/aromatic N) is 2. The van der Waals surface area contributed by atoms with Gasteiger partial charge in [-0.3, -0.25) is 14.4 Å². The first-order chi connectivity index (χ1) is 11.9. The molecule has 1 aromatic carbocycles. The lowest BCUT2D eigenvalue weighted by molar-refractivity contribution is -0.152. The maximum atomic E-state index is 12.3. The minimum atomic E-state index is -0.642. The Labute approximate surface area is 145 Å². The Kier molecular flexibility index (Phi) is 4.43. The predicted molar refractivity (Wildman–Crippen MR) is 90.1 cm³/mol. The Hall–Kier alpha value is -2.90. The first-order valence-electron chi connectivity index (χ1n) is 8.10. The number of rotatable bonds is 3. The van der Waals surface area contributed by atoms with Crippen molar-refractivity contribution >= 4 is 29.3 Å². The van der Waals surface area contributed by atoms with Gasteiger partial charge in [0.2, 0.25) is 11.8 Å². The smallest absolute Gasteiger partial charge is 0.319 e. The van der Waals surface area contributed by atoms with Gasteiger partial charge in [-0.2, -0.15) is 0 Å². The molecular formula is C17H20N4O4. The number of likely N-dealkylation sites (N-methyl/N-ethyl adjacent to an activating group) is 1.